The van der Waals surface area contributed by atoms with E-state index in [4.69, 9.17) is 10.7 Å². The van der Waals surface area contributed by atoms with Gasteiger partial charge in [0.25, 0.3) is 0 Å². The number of imidazole rings is 1. The highest BCUT2D eigenvalue weighted by Gasteiger charge is 2.51. The third-order valence-corrected chi connectivity index (χ3v) is 8.48. The number of fused-ring (bicyclic) bond motifs is 3. The van der Waals surface area contributed by atoms with Gasteiger partial charge in [0, 0.05) is 30.4 Å². The van der Waals surface area contributed by atoms with Crippen LogP contribution >= 0.6 is 0 Å². The van der Waals surface area contributed by atoms with Crippen LogP contribution in [0.5, 0.6) is 0 Å². The summed E-state index contributed by atoms with van der Waals surface area (Å²) < 4.78 is 2.25. The fraction of sp³-hybridized carbons (Fsp3) is 0.593. The molecule has 4 fully saturated rings. The molecule has 0 saturated heterocycles. The highest BCUT2D eigenvalue weighted by atomic mass is 16.2. The lowest BCUT2D eigenvalue weighted by atomic mass is 9.53. The molecule has 4 bridgehead atoms. The number of aromatic nitrogens is 3. The number of nitrogens with one attached hydrogen (secondary N) is 2. The first-order valence-corrected chi connectivity index (χ1v) is 13.1. The van der Waals surface area contributed by atoms with Crippen molar-refractivity contribution in [3.8, 4) is 0 Å². The molecule has 1 aromatic carbocycles. The van der Waals surface area contributed by atoms with Crippen LogP contribution in [0.2, 0.25) is 0 Å². The van der Waals surface area contributed by atoms with Crippen LogP contribution in [-0.4, -0.2) is 32.6 Å². The first-order valence-electron chi connectivity index (χ1n) is 13.1. The smallest absolute Gasteiger partial charge is 0.315 e. The van der Waals surface area contributed by atoms with E-state index in [0.717, 1.165) is 64.8 Å². The number of benzene rings is 1. The quantitative estimate of drug-likeness (QED) is 0.473. The van der Waals surface area contributed by atoms with Gasteiger partial charge in [0.2, 0.25) is 0 Å². The van der Waals surface area contributed by atoms with Crippen molar-refractivity contribution in [3.63, 3.8) is 0 Å². The summed E-state index contributed by atoms with van der Waals surface area (Å²) in [6.45, 7) is 3.41. The maximum atomic E-state index is 13.0. The van der Waals surface area contributed by atoms with Gasteiger partial charge in [-0.2, -0.15) is 0 Å². The molecule has 0 spiro atoms. The Morgan fingerprint density at radius 2 is 1.82 bits per heavy atom. The van der Waals surface area contributed by atoms with Crippen molar-refractivity contribution in [2.45, 2.75) is 76.8 Å². The van der Waals surface area contributed by atoms with E-state index in [9.17, 15) is 4.79 Å². The Hall–Kier alpha value is -2.83. The number of amides is 2. The lowest BCUT2D eigenvalue weighted by Gasteiger charge is -2.56. The molecule has 4 aliphatic carbocycles. The highest BCUT2D eigenvalue weighted by molar-refractivity contribution is 6.06. The minimum Gasteiger partial charge on any atom is -0.382 e. The zero-order chi connectivity index (χ0) is 23.3. The number of pyridine rings is 1. The molecule has 2 heterocycles. The molecular formula is C27H36N6O. The molecule has 2 aromatic heterocycles. The topological polar surface area (TPSA) is 97.9 Å². The number of carbonyl (C=O) groups excluding carboxylic acids is 1. The molecule has 0 radical (unpaired) electrons. The second-order valence-corrected chi connectivity index (χ2v) is 11.1. The molecule has 4 N–H and O–H groups in total. The van der Waals surface area contributed by atoms with E-state index in [0.29, 0.717) is 18.9 Å². The van der Waals surface area contributed by atoms with Crippen molar-refractivity contribution in [2.24, 2.45) is 17.8 Å². The van der Waals surface area contributed by atoms with Gasteiger partial charge < -0.3 is 20.9 Å². The molecule has 180 valence electrons. The van der Waals surface area contributed by atoms with Gasteiger partial charge in [0.1, 0.15) is 11.3 Å². The standard InChI is InChI=1S/C27H36N6O/c1-2-3-8-22-31-23-24(20-6-4-5-7-21(20)30-25(23)28)33(22)10-9-29-26(34)32-27-14-17-11-18(15-27)13-19(12-17)16-27/h4-7,17-19H,2-3,8-16H2,1H3,(H2,28,30)(H2,29,32,34). The molecule has 34 heavy (non-hydrogen) atoms. The number of urea groups is 1. The van der Waals surface area contributed by atoms with Gasteiger partial charge in [-0.3, -0.25) is 0 Å². The number of nitrogens with zero attached hydrogens (tertiary/aromatic N) is 3. The molecule has 4 saturated carbocycles. The van der Waals surface area contributed by atoms with Crippen LogP contribution < -0.4 is 16.4 Å². The van der Waals surface area contributed by atoms with Gasteiger partial charge in [-0.15, -0.1) is 0 Å². The number of nitrogens with two attached hydrogens (primary N) is 1. The summed E-state index contributed by atoms with van der Waals surface area (Å²) in [4.78, 5) is 22.4. The Bertz CT molecular complexity index is 1200. The summed E-state index contributed by atoms with van der Waals surface area (Å²) >= 11 is 0. The Morgan fingerprint density at radius 3 is 2.53 bits per heavy atom. The summed E-state index contributed by atoms with van der Waals surface area (Å²) in [5, 5.41) is 7.64. The normalized spacial score (nSPS) is 27.5. The van der Waals surface area contributed by atoms with Crippen LogP contribution in [0.15, 0.2) is 24.3 Å². The van der Waals surface area contributed by atoms with Crippen LogP contribution in [-0.2, 0) is 13.0 Å². The van der Waals surface area contributed by atoms with E-state index in [-0.39, 0.29) is 11.6 Å². The number of rotatable bonds is 7. The number of para-hydroxylation sites is 1. The van der Waals surface area contributed by atoms with Gasteiger partial charge >= 0.3 is 6.03 Å². The number of hydrogen-bond donors (Lipinski definition) is 3. The number of carbonyl (C=O) groups is 1. The van der Waals surface area contributed by atoms with Crippen LogP contribution in [0, 0.1) is 17.8 Å². The van der Waals surface area contributed by atoms with Gasteiger partial charge in [-0.1, -0.05) is 31.5 Å². The molecule has 2 amide bonds. The monoisotopic (exact) mass is 460 g/mol. The van der Waals surface area contributed by atoms with Gasteiger partial charge in [-0.05, 0) is 68.8 Å². The fourth-order valence-corrected chi connectivity index (χ4v) is 7.50. The lowest BCUT2D eigenvalue weighted by Crippen LogP contribution is -2.61. The van der Waals surface area contributed by atoms with Gasteiger partial charge in [0.05, 0.1) is 11.0 Å². The molecule has 0 unspecified atom stereocenters. The molecule has 4 aliphatic rings. The average Bonchev–Trinajstić information content (AvgIpc) is 3.16. The highest BCUT2D eigenvalue weighted by Crippen LogP contribution is 2.55. The van der Waals surface area contributed by atoms with Crippen molar-refractivity contribution >= 4 is 33.8 Å². The minimum absolute atomic E-state index is 0.0208. The third kappa shape index (κ3) is 3.79. The molecule has 0 aliphatic heterocycles. The molecule has 7 rings (SSSR count). The number of unbranched alkanes of at least 4 members (excludes halogenated alkanes) is 1. The summed E-state index contributed by atoms with van der Waals surface area (Å²) in [6.07, 6.45) is 10.7. The van der Waals surface area contributed by atoms with Gasteiger partial charge in [-0.25, -0.2) is 14.8 Å². The summed E-state index contributed by atoms with van der Waals surface area (Å²) in [6, 6.07) is 8.06. The predicted octanol–water partition coefficient (Wildman–Crippen LogP) is 4.78. The van der Waals surface area contributed by atoms with Crippen molar-refractivity contribution in [3.05, 3.63) is 30.1 Å². The third-order valence-electron chi connectivity index (χ3n) is 8.48. The van der Waals surface area contributed by atoms with Gasteiger partial charge in [0.15, 0.2) is 5.82 Å². The Labute approximate surface area is 200 Å². The second kappa shape index (κ2) is 8.43. The SMILES string of the molecule is CCCCc1nc2c(N)nc3ccccc3c2n1CCNC(=O)NC12CC3CC(CC(C3)C1)C2. The zero-order valence-corrected chi connectivity index (χ0v) is 20.1. The number of aryl methyl sites for hydroxylation is 1. The number of hydrogen-bond acceptors (Lipinski definition) is 4. The first kappa shape index (κ1) is 21.7. The van der Waals surface area contributed by atoms with Crippen molar-refractivity contribution < 1.29 is 4.79 Å². The summed E-state index contributed by atoms with van der Waals surface area (Å²) in [5.41, 5.74) is 9.01. The van der Waals surface area contributed by atoms with E-state index in [1.807, 2.05) is 18.2 Å². The molecular weight excluding hydrogens is 424 g/mol. The maximum Gasteiger partial charge on any atom is 0.315 e. The predicted molar refractivity (Wildman–Crippen MR) is 135 cm³/mol. The van der Waals surface area contributed by atoms with Crippen LogP contribution in [0.4, 0.5) is 10.6 Å². The summed E-state index contributed by atoms with van der Waals surface area (Å²) in [7, 11) is 0. The zero-order valence-electron chi connectivity index (χ0n) is 20.1. The fourth-order valence-electron chi connectivity index (χ4n) is 7.50. The van der Waals surface area contributed by atoms with E-state index in [2.05, 4.69) is 33.2 Å². The van der Waals surface area contributed by atoms with Crippen LogP contribution in [0.1, 0.15) is 64.1 Å². The Kier molecular flexibility index (Phi) is 5.38. The largest absolute Gasteiger partial charge is 0.382 e. The molecule has 7 nitrogen and oxygen atoms in total. The molecule has 0 atom stereocenters. The molecule has 3 aromatic rings. The lowest BCUT2D eigenvalue weighted by molar-refractivity contribution is -0.0135. The van der Waals surface area contributed by atoms with E-state index in [1.165, 1.54) is 38.5 Å². The number of nitrogen functional groups attached to an aromatic ring is 1. The van der Waals surface area contributed by atoms with E-state index >= 15 is 0 Å². The first-order chi connectivity index (χ1) is 16.5. The van der Waals surface area contributed by atoms with E-state index in [1.54, 1.807) is 0 Å². The second-order valence-electron chi connectivity index (χ2n) is 11.1. The van der Waals surface area contributed by atoms with Crippen molar-refractivity contribution in [1.29, 1.82) is 0 Å². The number of anilines is 1. The van der Waals surface area contributed by atoms with E-state index < -0.39 is 0 Å². The van der Waals surface area contributed by atoms with Crippen molar-refractivity contribution in [2.75, 3.05) is 12.3 Å². The Balaban J connectivity index is 1.21. The Morgan fingerprint density at radius 1 is 1.12 bits per heavy atom. The van der Waals surface area contributed by atoms with Crippen LogP contribution in [0.3, 0.4) is 0 Å². The minimum atomic E-state index is -0.0208. The summed E-state index contributed by atoms with van der Waals surface area (Å²) in [5.74, 6) is 3.94. The van der Waals surface area contributed by atoms with Crippen LogP contribution in [0.25, 0.3) is 21.9 Å². The molecule has 7 heteroatoms. The maximum absolute atomic E-state index is 13.0. The van der Waals surface area contributed by atoms with Crippen molar-refractivity contribution in [1.82, 2.24) is 25.2 Å². The average molecular weight is 461 g/mol.